The lowest BCUT2D eigenvalue weighted by molar-refractivity contribution is 0.169. The Balaban J connectivity index is 2.24. The van der Waals surface area contributed by atoms with Crippen LogP contribution in [0.1, 0.15) is 24.4 Å². The summed E-state index contributed by atoms with van der Waals surface area (Å²) in [6, 6.07) is 5.56. The first-order valence-corrected chi connectivity index (χ1v) is 6.83. The molecule has 1 N–H and O–H groups in total. The fraction of sp³-hybridized carbons (Fsp3) is 0.385. The Morgan fingerprint density at radius 3 is 2.95 bits per heavy atom. The van der Waals surface area contributed by atoms with Gasteiger partial charge in [0.15, 0.2) is 0 Å². The second-order valence-corrected chi connectivity index (χ2v) is 5.01. The van der Waals surface area contributed by atoms with E-state index >= 15 is 0 Å². The summed E-state index contributed by atoms with van der Waals surface area (Å²) >= 11 is 3.40. The van der Waals surface area contributed by atoms with Gasteiger partial charge in [-0.2, -0.15) is 5.10 Å². The van der Waals surface area contributed by atoms with Crippen LogP contribution in [0.2, 0.25) is 0 Å². The van der Waals surface area contributed by atoms with Crippen LogP contribution >= 0.6 is 15.9 Å². The van der Waals surface area contributed by atoms with Gasteiger partial charge in [0.25, 0.3) is 0 Å². The summed E-state index contributed by atoms with van der Waals surface area (Å²) in [6.07, 6.45) is 1.23. The molecule has 0 aliphatic heterocycles. The first-order chi connectivity index (χ1) is 9.15. The molecule has 1 unspecified atom stereocenters. The molecule has 2 aromatic rings. The first kappa shape index (κ1) is 14.0. The number of ether oxygens (including phenoxy) is 1. The van der Waals surface area contributed by atoms with Gasteiger partial charge in [0.1, 0.15) is 17.9 Å². The highest BCUT2D eigenvalue weighted by atomic mass is 79.9. The molecule has 0 fully saturated rings. The highest BCUT2D eigenvalue weighted by molar-refractivity contribution is 9.10. The summed E-state index contributed by atoms with van der Waals surface area (Å²) in [5, 5.41) is 14.5. The number of aliphatic hydroxyl groups is 1. The van der Waals surface area contributed by atoms with E-state index in [-0.39, 0.29) is 0 Å². The van der Waals surface area contributed by atoms with Crippen molar-refractivity contribution in [3.63, 3.8) is 0 Å². The van der Waals surface area contributed by atoms with E-state index in [9.17, 15) is 5.11 Å². The van der Waals surface area contributed by atoms with Crippen molar-refractivity contribution in [1.82, 2.24) is 14.8 Å². The van der Waals surface area contributed by atoms with Crippen molar-refractivity contribution in [3.05, 3.63) is 40.4 Å². The first-order valence-electron chi connectivity index (χ1n) is 6.04. The quantitative estimate of drug-likeness (QED) is 0.916. The second-order valence-electron chi connectivity index (χ2n) is 4.10. The average Bonchev–Trinajstić information content (AvgIpc) is 2.85. The van der Waals surface area contributed by atoms with Gasteiger partial charge in [-0.3, -0.25) is 4.68 Å². The van der Waals surface area contributed by atoms with Gasteiger partial charge in [-0.25, -0.2) is 4.98 Å². The van der Waals surface area contributed by atoms with Crippen LogP contribution in [0, 0.1) is 0 Å². The third-order valence-electron chi connectivity index (χ3n) is 2.92. The van der Waals surface area contributed by atoms with Crippen molar-refractivity contribution in [2.24, 2.45) is 0 Å². The lowest BCUT2D eigenvalue weighted by Gasteiger charge is -2.15. The van der Waals surface area contributed by atoms with Crippen LogP contribution in [0.3, 0.4) is 0 Å². The zero-order valence-corrected chi connectivity index (χ0v) is 12.5. The van der Waals surface area contributed by atoms with E-state index < -0.39 is 6.10 Å². The number of methoxy groups -OCH3 is 1. The standard InChI is InChI=1S/C13H16BrN3O2/c1-3-17-13(15-8-16-17)7-11(18)10-6-9(14)4-5-12(10)19-2/h4-6,8,11,18H,3,7H2,1-2H3. The molecule has 0 saturated carbocycles. The predicted octanol–water partition coefficient (Wildman–Crippen LogP) is 2.35. The molecule has 0 amide bonds. The van der Waals surface area contributed by atoms with E-state index in [2.05, 4.69) is 26.0 Å². The minimum atomic E-state index is -0.679. The molecule has 102 valence electrons. The highest BCUT2D eigenvalue weighted by Gasteiger charge is 2.17. The van der Waals surface area contributed by atoms with Gasteiger partial charge in [0.05, 0.1) is 13.2 Å². The summed E-state index contributed by atoms with van der Waals surface area (Å²) in [7, 11) is 1.59. The molecular formula is C13H16BrN3O2. The fourth-order valence-electron chi connectivity index (χ4n) is 1.96. The summed E-state index contributed by atoms with van der Waals surface area (Å²) in [4.78, 5) is 4.17. The van der Waals surface area contributed by atoms with Gasteiger partial charge in [-0.15, -0.1) is 0 Å². The highest BCUT2D eigenvalue weighted by Crippen LogP contribution is 2.30. The molecule has 1 aromatic carbocycles. The third-order valence-corrected chi connectivity index (χ3v) is 3.42. The number of aliphatic hydroxyl groups excluding tert-OH is 1. The van der Waals surface area contributed by atoms with Crippen LogP contribution < -0.4 is 4.74 Å². The fourth-order valence-corrected chi connectivity index (χ4v) is 2.34. The van der Waals surface area contributed by atoms with E-state index in [0.29, 0.717) is 12.2 Å². The summed E-state index contributed by atoms with van der Waals surface area (Å²) in [6.45, 7) is 2.72. The Bertz CT molecular complexity index is 557. The topological polar surface area (TPSA) is 60.2 Å². The number of benzene rings is 1. The van der Waals surface area contributed by atoms with E-state index in [4.69, 9.17) is 4.74 Å². The van der Waals surface area contributed by atoms with Crippen LogP contribution in [0.25, 0.3) is 0 Å². The molecule has 6 heteroatoms. The Labute approximate surface area is 120 Å². The number of halogens is 1. The molecule has 1 atom stereocenters. The molecule has 0 bridgehead atoms. The molecule has 1 heterocycles. The van der Waals surface area contributed by atoms with Crippen molar-refractivity contribution in [2.45, 2.75) is 26.0 Å². The van der Waals surface area contributed by atoms with Crippen LogP contribution in [-0.2, 0) is 13.0 Å². The largest absolute Gasteiger partial charge is 0.496 e. The Hall–Kier alpha value is -1.40. The van der Waals surface area contributed by atoms with Crippen LogP contribution in [0.4, 0.5) is 0 Å². The molecule has 0 saturated heterocycles. The maximum absolute atomic E-state index is 10.4. The van der Waals surface area contributed by atoms with Gasteiger partial charge < -0.3 is 9.84 Å². The minimum absolute atomic E-state index is 0.403. The molecule has 0 radical (unpaired) electrons. The Morgan fingerprint density at radius 2 is 2.26 bits per heavy atom. The van der Waals surface area contributed by atoms with Gasteiger partial charge in [0, 0.05) is 23.0 Å². The zero-order chi connectivity index (χ0) is 13.8. The number of rotatable bonds is 5. The summed E-state index contributed by atoms with van der Waals surface area (Å²) in [5.74, 6) is 1.43. The number of aryl methyl sites for hydroxylation is 1. The van der Waals surface area contributed by atoms with E-state index in [1.807, 2.05) is 25.1 Å². The molecule has 1 aromatic heterocycles. The van der Waals surface area contributed by atoms with E-state index in [0.717, 1.165) is 22.4 Å². The van der Waals surface area contributed by atoms with Gasteiger partial charge in [-0.05, 0) is 25.1 Å². The van der Waals surface area contributed by atoms with Crippen LogP contribution in [0.15, 0.2) is 29.0 Å². The normalized spacial score (nSPS) is 12.4. The maximum Gasteiger partial charge on any atom is 0.138 e. The van der Waals surface area contributed by atoms with Crippen molar-refractivity contribution in [3.8, 4) is 5.75 Å². The Morgan fingerprint density at radius 1 is 1.47 bits per heavy atom. The lowest BCUT2D eigenvalue weighted by Crippen LogP contribution is -2.10. The van der Waals surface area contributed by atoms with Gasteiger partial charge in [-0.1, -0.05) is 15.9 Å². The average molecular weight is 326 g/mol. The summed E-state index contributed by atoms with van der Waals surface area (Å²) < 4.78 is 7.95. The van der Waals surface area contributed by atoms with Crippen LogP contribution in [-0.4, -0.2) is 27.0 Å². The molecule has 5 nitrogen and oxygen atoms in total. The van der Waals surface area contributed by atoms with Crippen molar-refractivity contribution in [2.75, 3.05) is 7.11 Å². The predicted molar refractivity (Wildman–Crippen MR) is 75.1 cm³/mol. The number of hydrogen-bond acceptors (Lipinski definition) is 4. The van der Waals surface area contributed by atoms with Crippen molar-refractivity contribution in [1.29, 1.82) is 0 Å². The van der Waals surface area contributed by atoms with Gasteiger partial charge >= 0.3 is 0 Å². The smallest absolute Gasteiger partial charge is 0.138 e. The molecule has 0 spiro atoms. The Kier molecular flexibility index (Phi) is 4.55. The monoisotopic (exact) mass is 325 g/mol. The molecular weight excluding hydrogens is 310 g/mol. The molecule has 0 aliphatic carbocycles. The minimum Gasteiger partial charge on any atom is -0.496 e. The molecule has 0 aliphatic rings. The van der Waals surface area contributed by atoms with E-state index in [1.165, 1.54) is 6.33 Å². The number of hydrogen-bond donors (Lipinski definition) is 1. The number of aromatic nitrogens is 3. The van der Waals surface area contributed by atoms with Crippen molar-refractivity contribution >= 4 is 15.9 Å². The van der Waals surface area contributed by atoms with Crippen molar-refractivity contribution < 1.29 is 9.84 Å². The summed E-state index contributed by atoms with van der Waals surface area (Å²) in [5.41, 5.74) is 0.738. The third kappa shape index (κ3) is 3.13. The van der Waals surface area contributed by atoms with Gasteiger partial charge in [0.2, 0.25) is 0 Å². The van der Waals surface area contributed by atoms with E-state index in [1.54, 1.807) is 11.8 Å². The molecule has 2 rings (SSSR count). The maximum atomic E-state index is 10.4. The zero-order valence-electron chi connectivity index (χ0n) is 10.9. The lowest BCUT2D eigenvalue weighted by atomic mass is 10.1. The van der Waals surface area contributed by atoms with Crippen LogP contribution in [0.5, 0.6) is 5.75 Å². The molecule has 19 heavy (non-hydrogen) atoms. The SMILES string of the molecule is CCn1ncnc1CC(O)c1cc(Br)ccc1OC. The second kappa shape index (κ2) is 6.16. The number of nitrogens with zero attached hydrogens (tertiary/aromatic N) is 3.